The molecule has 4 heterocycles. The Morgan fingerprint density at radius 2 is 1.14 bits per heavy atom. The Balaban J connectivity index is 1.41. The van der Waals surface area contributed by atoms with Crippen LogP contribution in [0.25, 0.3) is 0 Å². The van der Waals surface area contributed by atoms with Gasteiger partial charge in [0.1, 0.15) is 36.6 Å². The molecule has 0 saturated carbocycles. The highest BCUT2D eigenvalue weighted by Gasteiger charge is 2.39. The summed E-state index contributed by atoms with van der Waals surface area (Å²) in [6.07, 6.45) is 1.000. The van der Waals surface area contributed by atoms with Crippen molar-refractivity contribution in [2.45, 2.75) is 69.9 Å². The third-order valence-electron chi connectivity index (χ3n) is 5.21. The molecule has 168 valence electrons. The molecule has 0 bridgehead atoms. The predicted octanol–water partition coefficient (Wildman–Crippen LogP) is 1.19. The molecule has 4 rings (SSSR count). The van der Waals surface area contributed by atoms with Crippen LogP contribution in [0.3, 0.4) is 0 Å². The number of ether oxygens (including phenoxy) is 8. The Kier molecular flexibility index (Phi) is 7.45. The summed E-state index contributed by atoms with van der Waals surface area (Å²) in [5.74, 6) is 0. The van der Waals surface area contributed by atoms with E-state index in [-0.39, 0.29) is 48.1 Å². The minimum Gasteiger partial charge on any atom is -0.376 e. The molecular weight excluding hydrogens is 380 g/mol. The molecule has 4 saturated heterocycles. The fourth-order valence-electron chi connectivity index (χ4n) is 3.22. The van der Waals surface area contributed by atoms with Crippen LogP contribution >= 0.6 is 0 Å². The molecule has 29 heavy (non-hydrogen) atoms. The molecule has 0 aromatic heterocycles. The third kappa shape index (κ3) is 8.75. The van der Waals surface area contributed by atoms with E-state index in [1.54, 1.807) is 0 Å². The summed E-state index contributed by atoms with van der Waals surface area (Å²) in [6, 6.07) is 0. The molecule has 8 nitrogen and oxygen atoms in total. The van der Waals surface area contributed by atoms with Gasteiger partial charge >= 0.3 is 0 Å². The fourth-order valence-corrected chi connectivity index (χ4v) is 3.22. The molecule has 4 aliphatic heterocycles. The first-order chi connectivity index (χ1) is 14.0. The maximum atomic E-state index is 6.35. The van der Waals surface area contributed by atoms with Crippen molar-refractivity contribution in [2.75, 3.05) is 59.5 Å². The Hall–Kier alpha value is -0.320. The quantitative estimate of drug-likeness (QED) is 0.347. The number of hydrogen-bond donors (Lipinski definition) is 0. The monoisotopic (exact) mass is 416 g/mol. The lowest BCUT2D eigenvalue weighted by Crippen LogP contribution is -2.48. The van der Waals surface area contributed by atoms with Gasteiger partial charge in [0, 0.05) is 0 Å². The van der Waals surface area contributed by atoms with E-state index in [1.807, 2.05) is 0 Å². The van der Waals surface area contributed by atoms with Crippen LogP contribution in [-0.4, -0.2) is 102 Å². The van der Waals surface area contributed by atoms with Gasteiger partial charge in [0.2, 0.25) is 0 Å². The van der Waals surface area contributed by atoms with Crippen molar-refractivity contribution in [1.82, 2.24) is 0 Å². The SMILES string of the molecule is CC(C)(C)CC(OCC1CO1)[C@H](OCC1CO1)[C@@H](COCC1CO1)OCC1CO1. The van der Waals surface area contributed by atoms with E-state index in [1.165, 1.54) is 0 Å². The van der Waals surface area contributed by atoms with Crippen LogP contribution in [0.5, 0.6) is 0 Å². The lowest BCUT2D eigenvalue weighted by Gasteiger charge is -2.36. The number of hydrogen-bond acceptors (Lipinski definition) is 8. The first-order valence-electron chi connectivity index (χ1n) is 10.9. The Morgan fingerprint density at radius 3 is 1.62 bits per heavy atom. The molecule has 4 aliphatic rings. The second-order valence-electron chi connectivity index (χ2n) is 9.67. The normalized spacial score (nSPS) is 33.2. The molecule has 0 spiro atoms. The molecule has 0 N–H and O–H groups in total. The zero-order valence-electron chi connectivity index (χ0n) is 17.9. The summed E-state index contributed by atoms with van der Waals surface area (Å²) < 4.78 is 46.1. The van der Waals surface area contributed by atoms with Gasteiger partial charge in [-0.25, -0.2) is 0 Å². The molecule has 4 fully saturated rings. The summed E-state index contributed by atoms with van der Waals surface area (Å²) >= 11 is 0. The van der Waals surface area contributed by atoms with Crippen LogP contribution in [0.2, 0.25) is 0 Å². The summed E-state index contributed by atoms with van der Waals surface area (Å²) in [7, 11) is 0. The Labute approximate surface area is 173 Å². The first kappa shape index (κ1) is 21.9. The van der Waals surface area contributed by atoms with Gasteiger partial charge in [-0.2, -0.15) is 0 Å². The van der Waals surface area contributed by atoms with E-state index in [2.05, 4.69) is 20.8 Å². The van der Waals surface area contributed by atoms with Gasteiger partial charge < -0.3 is 37.9 Å². The summed E-state index contributed by atoms with van der Waals surface area (Å²) in [4.78, 5) is 0. The number of rotatable bonds is 16. The smallest absolute Gasteiger partial charge is 0.112 e. The minimum atomic E-state index is -0.254. The van der Waals surface area contributed by atoms with Crippen LogP contribution in [0.1, 0.15) is 27.2 Å². The Morgan fingerprint density at radius 1 is 0.690 bits per heavy atom. The summed E-state index contributed by atoms with van der Waals surface area (Å²) in [6.45, 7) is 12.4. The zero-order chi connectivity index (χ0) is 20.3. The van der Waals surface area contributed by atoms with Crippen LogP contribution in [0, 0.1) is 5.41 Å². The molecule has 5 unspecified atom stereocenters. The van der Waals surface area contributed by atoms with Crippen molar-refractivity contribution >= 4 is 0 Å². The van der Waals surface area contributed by atoms with Crippen molar-refractivity contribution in [3.63, 3.8) is 0 Å². The van der Waals surface area contributed by atoms with Crippen molar-refractivity contribution in [1.29, 1.82) is 0 Å². The number of epoxide rings is 4. The van der Waals surface area contributed by atoms with Crippen LogP contribution in [0.15, 0.2) is 0 Å². The zero-order valence-corrected chi connectivity index (χ0v) is 17.9. The van der Waals surface area contributed by atoms with Gasteiger partial charge in [-0.1, -0.05) is 20.8 Å². The molecular formula is C21H36O8. The van der Waals surface area contributed by atoms with Crippen molar-refractivity contribution < 1.29 is 37.9 Å². The second-order valence-corrected chi connectivity index (χ2v) is 9.67. The molecule has 0 aromatic carbocycles. The highest BCUT2D eigenvalue weighted by Crippen LogP contribution is 2.29. The molecule has 0 aliphatic carbocycles. The van der Waals surface area contributed by atoms with E-state index in [4.69, 9.17) is 37.9 Å². The van der Waals surface area contributed by atoms with Gasteiger partial charge in [0.25, 0.3) is 0 Å². The van der Waals surface area contributed by atoms with Crippen LogP contribution < -0.4 is 0 Å². The van der Waals surface area contributed by atoms with Crippen molar-refractivity contribution in [3.05, 3.63) is 0 Å². The third-order valence-corrected chi connectivity index (χ3v) is 5.21. The Bertz CT molecular complexity index is 493. The molecule has 0 aromatic rings. The van der Waals surface area contributed by atoms with Gasteiger partial charge in [0.15, 0.2) is 0 Å². The summed E-state index contributed by atoms with van der Waals surface area (Å²) in [5, 5.41) is 0. The van der Waals surface area contributed by atoms with Crippen LogP contribution in [-0.2, 0) is 37.9 Å². The van der Waals surface area contributed by atoms with Crippen molar-refractivity contribution in [2.24, 2.45) is 5.41 Å². The average molecular weight is 417 g/mol. The fraction of sp³-hybridized carbons (Fsp3) is 1.00. The maximum absolute atomic E-state index is 6.35. The molecule has 0 amide bonds. The van der Waals surface area contributed by atoms with Crippen molar-refractivity contribution in [3.8, 4) is 0 Å². The average Bonchev–Trinajstić information content (AvgIpc) is 3.51. The van der Waals surface area contributed by atoms with E-state index >= 15 is 0 Å². The summed E-state index contributed by atoms with van der Waals surface area (Å²) in [5.41, 5.74) is 0.0830. The predicted molar refractivity (Wildman–Crippen MR) is 103 cm³/mol. The standard InChI is InChI=1S/C21H36O8/c1-21(2,3)4-18(27-10-15-7-24-15)20(29-12-17-9-26-17)19(28-11-16-8-25-16)13-22-5-14-6-23-14/h14-20H,4-13H2,1-3H3/t14?,15?,16?,17?,18?,19-,20+/m1/s1. The van der Waals surface area contributed by atoms with E-state index in [0.29, 0.717) is 33.0 Å². The van der Waals surface area contributed by atoms with E-state index in [9.17, 15) is 0 Å². The molecule has 7 atom stereocenters. The molecule has 8 heteroatoms. The van der Waals surface area contributed by atoms with Gasteiger partial charge in [-0.3, -0.25) is 0 Å². The largest absolute Gasteiger partial charge is 0.376 e. The highest BCUT2D eigenvalue weighted by atomic mass is 16.6. The van der Waals surface area contributed by atoms with E-state index in [0.717, 1.165) is 32.8 Å². The van der Waals surface area contributed by atoms with Gasteiger partial charge in [0.05, 0.1) is 65.6 Å². The molecule has 0 radical (unpaired) electrons. The van der Waals surface area contributed by atoms with Crippen LogP contribution in [0.4, 0.5) is 0 Å². The lowest BCUT2D eigenvalue weighted by molar-refractivity contribution is -0.166. The first-order valence-corrected chi connectivity index (χ1v) is 10.9. The second kappa shape index (κ2) is 9.87. The minimum absolute atomic E-state index is 0.0830. The van der Waals surface area contributed by atoms with Gasteiger partial charge in [-0.05, 0) is 11.8 Å². The van der Waals surface area contributed by atoms with Gasteiger partial charge in [-0.15, -0.1) is 0 Å². The van der Waals surface area contributed by atoms with E-state index < -0.39 is 0 Å². The maximum Gasteiger partial charge on any atom is 0.112 e. The lowest BCUT2D eigenvalue weighted by atomic mass is 9.86. The highest BCUT2D eigenvalue weighted by molar-refractivity contribution is 4.87. The topological polar surface area (TPSA) is 87.0 Å².